The van der Waals surface area contributed by atoms with Gasteiger partial charge in [-0.1, -0.05) is 35.2 Å². The molecule has 9 nitrogen and oxygen atoms in total. The monoisotopic (exact) mass is 456 g/mol. The number of rotatable bonds is 7. The number of thioether (sulfide) groups is 1. The van der Waals surface area contributed by atoms with E-state index in [4.69, 9.17) is 9.47 Å². The lowest BCUT2D eigenvalue weighted by Gasteiger charge is -2.03. The fraction of sp³-hybridized carbons (Fsp3) is 0.150. The lowest BCUT2D eigenvalue weighted by atomic mass is 10.2. The number of para-hydroxylation sites is 2. The zero-order valence-corrected chi connectivity index (χ0v) is 17.8. The number of benzene rings is 2. The van der Waals surface area contributed by atoms with E-state index in [1.54, 1.807) is 18.2 Å². The molecule has 4 aromatic rings. The Morgan fingerprint density at radius 2 is 1.97 bits per heavy atom. The number of thiazole rings is 1. The molecule has 158 valence electrons. The number of methoxy groups -OCH3 is 1. The van der Waals surface area contributed by atoms with E-state index in [1.165, 1.54) is 30.2 Å². The Labute approximate surface area is 184 Å². The van der Waals surface area contributed by atoms with Crippen molar-refractivity contribution in [3.63, 3.8) is 0 Å². The maximum atomic E-state index is 12.1. The molecule has 11 heteroatoms. The molecule has 2 N–H and O–H groups in total. The second kappa shape index (κ2) is 9.14. The molecule has 0 spiro atoms. The Morgan fingerprint density at radius 1 is 1.13 bits per heavy atom. The highest BCUT2D eigenvalue weighted by atomic mass is 32.2. The van der Waals surface area contributed by atoms with Gasteiger partial charge in [-0.2, -0.15) is 0 Å². The number of nitrogens with one attached hydrogen (secondary N) is 2. The molecule has 0 saturated carbocycles. The van der Waals surface area contributed by atoms with E-state index in [9.17, 15) is 14.4 Å². The molecule has 0 aliphatic rings. The Kier molecular flexibility index (Phi) is 6.14. The Hall–Kier alpha value is -3.44. The lowest BCUT2D eigenvalue weighted by Crippen LogP contribution is -2.21. The van der Waals surface area contributed by atoms with Crippen LogP contribution in [0.1, 0.15) is 10.4 Å². The molecule has 2 heterocycles. The highest BCUT2D eigenvalue weighted by Crippen LogP contribution is 2.27. The number of esters is 2. The highest BCUT2D eigenvalue weighted by Gasteiger charge is 2.14. The van der Waals surface area contributed by atoms with Crippen LogP contribution in [0.5, 0.6) is 0 Å². The van der Waals surface area contributed by atoms with Crippen molar-refractivity contribution in [2.45, 2.75) is 5.16 Å². The summed E-state index contributed by atoms with van der Waals surface area (Å²) in [6, 6.07) is 12.5. The summed E-state index contributed by atoms with van der Waals surface area (Å²) in [5.41, 5.74) is 2.72. The molecule has 0 bridgehead atoms. The number of aromatic nitrogens is 3. The maximum Gasteiger partial charge on any atom is 0.337 e. The fourth-order valence-electron chi connectivity index (χ4n) is 2.69. The van der Waals surface area contributed by atoms with Gasteiger partial charge in [0.05, 0.1) is 39.7 Å². The Balaban J connectivity index is 1.27. The SMILES string of the molecule is COC(=O)c1ccc2nc(NC(=O)COC(=O)CSc3nc4ccccc4[nH]3)sc2c1. The number of imidazole rings is 1. The molecule has 2 aromatic heterocycles. The summed E-state index contributed by atoms with van der Waals surface area (Å²) < 4.78 is 10.4. The largest absolute Gasteiger partial charge is 0.465 e. The smallest absolute Gasteiger partial charge is 0.337 e. The van der Waals surface area contributed by atoms with Crippen molar-refractivity contribution in [2.75, 3.05) is 24.8 Å². The quantitative estimate of drug-likeness (QED) is 0.321. The van der Waals surface area contributed by atoms with Gasteiger partial charge in [-0.05, 0) is 30.3 Å². The van der Waals surface area contributed by atoms with E-state index in [0.717, 1.165) is 15.7 Å². The van der Waals surface area contributed by atoms with Crippen LogP contribution in [-0.4, -0.2) is 52.3 Å². The van der Waals surface area contributed by atoms with Crippen molar-refractivity contribution in [2.24, 2.45) is 0 Å². The molecule has 0 radical (unpaired) electrons. The summed E-state index contributed by atoms with van der Waals surface area (Å²) >= 11 is 2.40. The summed E-state index contributed by atoms with van der Waals surface area (Å²) in [6.07, 6.45) is 0. The van der Waals surface area contributed by atoms with Crippen molar-refractivity contribution < 1.29 is 23.9 Å². The first-order valence-electron chi connectivity index (χ1n) is 9.04. The average Bonchev–Trinajstić information content (AvgIpc) is 3.37. The van der Waals surface area contributed by atoms with Crippen LogP contribution in [0.4, 0.5) is 5.13 Å². The number of carbonyl (C=O) groups excluding carboxylic acids is 3. The van der Waals surface area contributed by atoms with E-state index in [0.29, 0.717) is 21.4 Å². The lowest BCUT2D eigenvalue weighted by molar-refractivity contribution is -0.144. The maximum absolute atomic E-state index is 12.1. The number of ether oxygens (including phenoxy) is 2. The third-order valence-electron chi connectivity index (χ3n) is 4.11. The molecule has 0 aliphatic heterocycles. The van der Waals surface area contributed by atoms with Gasteiger partial charge in [0.1, 0.15) is 0 Å². The number of carbonyl (C=O) groups is 3. The second-order valence-electron chi connectivity index (χ2n) is 6.25. The van der Waals surface area contributed by atoms with E-state index in [2.05, 4.69) is 20.3 Å². The molecule has 0 fully saturated rings. The summed E-state index contributed by atoms with van der Waals surface area (Å²) in [5, 5.41) is 3.53. The van der Waals surface area contributed by atoms with Crippen molar-refractivity contribution in [3.8, 4) is 0 Å². The molecule has 1 amide bonds. The highest BCUT2D eigenvalue weighted by molar-refractivity contribution is 7.99. The zero-order valence-electron chi connectivity index (χ0n) is 16.2. The summed E-state index contributed by atoms with van der Waals surface area (Å²) in [6.45, 7) is -0.428. The van der Waals surface area contributed by atoms with Crippen LogP contribution >= 0.6 is 23.1 Å². The number of anilines is 1. The van der Waals surface area contributed by atoms with Crippen molar-refractivity contribution in [1.82, 2.24) is 15.0 Å². The van der Waals surface area contributed by atoms with E-state index in [-0.39, 0.29) is 5.75 Å². The molecule has 0 saturated heterocycles. The van der Waals surface area contributed by atoms with Gasteiger partial charge in [-0.25, -0.2) is 14.8 Å². The van der Waals surface area contributed by atoms with Gasteiger partial charge < -0.3 is 14.5 Å². The van der Waals surface area contributed by atoms with Crippen LogP contribution in [-0.2, 0) is 19.1 Å². The molecular formula is C20H16N4O5S2. The zero-order chi connectivity index (χ0) is 21.8. The van der Waals surface area contributed by atoms with Crippen molar-refractivity contribution in [1.29, 1.82) is 0 Å². The topological polar surface area (TPSA) is 123 Å². The van der Waals surface area contributed by atoms with Gasteiger partial charge >= 0.3 is 11.9 Å². The van der Waals surface area contributed by atoms with Crippen LogP contribution in [0, 0.1) is 0 Å². The minimum absolute atomic E-state index is 0.0184. The number of amides is 1. The summed E-state index contributed by atoms with van der Waals surface area (Å²) in [4.78, 5) is 47.4. The predicted molar refractivity (Wildman–Crippen MR) is 117 cm³/mol. The van der Waals surface area contributed by atoms with Crippen LogP contribution in [0.15, 0.2) is 47.6 Å². The van der Waals surface area contributed by atoms with Gasteiger partial charge in [-0.3, -0.25) is 14.9 Å². The number of hydrogen-bond donors (Lipinski definition) is 2. The van der Waals surface area contributed by atoms with Gasteiger partial charge in [0, 0.05) is 0 Å². The molecule has 0 atom stereocenters. The van der Waals surface area contributed by atoms with Crippen molar-refractivity contribution >= 4 is 67.3 Å². The number of aromatic amines is 1. The molecule has 0 aliphatic carbocycles. The third kappa shape index (κ3) is 5.01. The second-order valence-corrected chi connectivity index (χ2v) is 8.24. The van der Waals surface area contributed by atoms with Crippen LogP contribution in [0.2, 0.25) is 0 Å². The molecule has 4 rings (SSSR count). The minimum atomic E-state index is -0.535. The fourth-order valence-corrected chi connectivity index (χ4v) is 4.30. The normalized spacial score (nSPS) is 10.9. The Morgan fingerprint density at radius 3 is 2.77 bits per heavy atom. The van der Waals surface area contributed by atoms with Crippen LogP contribution in [0.25, 0.3) is 21.3 Å². The first-order chi connectivity index (χ1) is 15.0. The number of hydrogen-bond acceptors (Lipinski definition) is 9. The van der Waals surface area contributed by atoms with Gasteiger partial charge in [0.15, 0.2) is 16.9 Å². The first kappa shape index (κ1) is 20.8. The van der Waals surface area contributed by atoms with Gasteiger partial charge in [0.25, 0.3) is 5.91 Å². The van der Waals surface area contributed by atoms with E-state index in [1.807, 2.05) is 24.3 Å². The van der Waals surface area contributed by atoms with Crippen LogP contribution in [0.3, 0.4) is 0 Å². The predicted octanol–water partition coefficient (Wildman–Crippen LogP) is 3.23. The molecule has 2 aromatic carbocycles. The average molecular weight is 457 g/mol. The molecule has 31 heavy (non-hydrogen) atoms. The number of fused-ring (bicyclic) bond motifs is 2. The first-order valence-corrected chi connectivity index (χ1v) is 10.8. The van der Waals surface area contributed by atoms with E-state index >= 15 is 0 Å². The van der Waals surface area contributed by atoms with Gasteiger partial charge in [0.2, 0.25) is 0 Å². The summed E-state index contributed by atoms with van der Waals surface area (Å²) in [5.74, 6) is -1.47. The number of nitrogens with zero attached hydrogens (tertiary/aromatic N) is 2. The van der Waals surface area contributed by atoms with E-state index < -0.39 is 24.5 Å². The minimum Gasteiger partial charge on any atom is -0.465 e. The van der Waals surface area contributed by atoms with Crippen LogP contribution < -0.4 is 5.32 Å². The Bertz CT molecular complexity index is 1250. The molecule has 0 unspecified atom stereocenters. The molecular weight excluding hydrogens is 440 g/mol. The number of H-pyrrole nitrogens is 1. The van der Waals surface area contributed by atoms with Crippen molar-refractivity contribution in [3.05, 3.63) is 48.0 Å². The van der Waals surface area contributed by atoms with Gasteiger partial charge in [-0.15, -0.1) is 0 Å². The standard InChI is InChI=1S/C20H16N4O5S2/c1-28-18(27)11-6-7-14-15(8-11)31-20(23-14)24-16(25)9-29-17(26)10-30-19-21-12-4-2-3-5-13(12)22-19/h2-8H,9-10H2,1H3,(H,21,22)(H,23,24,25). The third-order valence-corrected chi connectivity index (χ3v) is 5.89. The summed E-state index contributed by atoms with van der Waals surface area (Å²) in [7, 11) is 1.31.